The third-order valence-corrected chi connectivity index (χ3v) is 5.23. The van der Waals surface area contributed by atoms with Crippen molar-refractivity contribution in [2.45, 2.75) is 12.6 Å². The van der Waals surface area contributed by atoms with E-state index in [-0.39, 0.29) is 35.8 Å². The standard InChI is InChI=1S/C18H21N7O5.ClH/c1-22-15-14(16(27)21-18(22)28)24(17(20-15)23-8-6-19-7-9-23)10-13(26)11-2-4-12(5-3-11)25(29)30;/h2-5,13,19,26H,6-10H2,1H3,(H,21,27,28);1H. The minimum absolute atomic E-state index is 0. The predicted octanol–water partition coefficient (Wildman–Crippen LogP) is -0.103. The van der Waals surface area contributed by atoms with Crippen LogP contribution in [0, 0.1) is 10.1 Å². The zero-order valence-electron chi connectivity index (χ0n) is 16.6. The molecule has 1 saturated heterocycles. The molecule has 166 valence electrons. The van der Waals surface area contributed by atoms with E-state index in [0.717, 1.165) is 13.1 Å². The maximum atomic E-state index is 12.6. The fourth-order valence-electron chi connectivity index (χ4n) is 3.60. The molecule has 0 aliphatic carbocycles. The number of nitrogens with one attached hydrogen (secondary N) is 2. The molecule has 0 bridgehead atoms. The minimum atomic E-state index is -1.04. The van der Waals surface area contributed by atoms with Crippen LogP contribution in [-0.4, -0.2) is 55.3 Å². The number of aliphatic hydroxyl groups excluding tert-OH is 1. The van der Waals surface area contributed by atoms with Crippen molar-refractivity contribution in [3.05, 3.63) is 60.8 Å². The minimum Gasteiger partial charge on any atom is -0.387 e. The van der Waals surface area contributed by atoms with Gasteiger partial charge in [-0.15, -0.1) is 12.4 Å². The van der Waals surface area contributed by atoms with Gasteiger partial charge in [0.2, 0.25) is 5.95 Å². The Morgan fingerprint density at radius 2 is 1.87 bits per heavy atom. The molecule has 3 N–H and O–H groups in total. The van der Waals surface area contributed by atoms with Crippen molar-refractivity contribution >= 4 is 35.2 Å². The monoisotopic (exact) mass is 451 g/mol. The molecule has 0 saturated carbocycles. The Morgan fingerprint density at radius 3 is 2.48 bits per heavy atom. The highest BCUT2D eigenvalue weighted by Crippen LogP contribution is 2.25. The summed E-state index contributed by atoms with van der Waals surface area (Å²) in [6, 6.07) is 5.59. The number of nitro benzene ring substituents is 1. The normalized spacial score (nSPS) is 15.0. The Kier molecular flexibility index (Phi) is 6.43. The van der Waals surface area contributed by atoms with Gasteiger partial charge >= 0.3 is 5.69 Å². The second kappa shape index (κ2) is 8.88. The summed E-state index contributed by atoms with van der Waals surface area (Å²) in [7, 11) is 1.52. The number of rotatable bonds is 5. The first kappa shape index (κ1) is 22.5. The molecule has 12 nitrogen and oxygen atoms in total. The molecule has 4 rings (SSSR count). The molecular weight excluding hydrogens is 430 g/mol. The van der Waals surface area contributed by atoms with Gasteiger partial charge in [-0.2, -0.15) is 4.98 Å². The van der Waals surface area contributed by atoms with Crippen molar-refractivity contribution < 1.29 is 10.0 Å². The summed E-state index contributed by atoms with van der Waals surface area (Å²) in [6.07, 6.45) is -1.04. The van der Waals surface area contributed by atoms with E-state index >= 15 is 0 Å². The maximum Gasteiger partial charge on any atom is 0.329 e. The van der Waals surface area contributed by atoms with Crippen LogP contribution in [0.4, 0.5) is 11.6 Å². The number of piperazine rings is 1. The number of halogens is 1. The summed E-state index contributed by atoms with van der Waals surface area (Å²) < 4.78 is 2.86. The van der Waals surface area contributed by atoms with Gasteiger partial charge in [-0.1, -0.05) is 0 Å². The quantitative estimate of drug-likeness (QED) is 0.359. The largest absolute Gasteiger partial charge is 0.387 e. The average Bonchev–Trinajstić information content (AvgIpc) is 3.12. The molecule has 31 heavy (non-hydrogen) atoms. The number of aromatic nitrogens is 4. The van der Waals surface area contributed by atoms with Crippen molar-refractivity contribution in [2.75, 3.05) is 31.1 Å². The van der Waals surface area contributed by atoms with Crippen LogP contribution in [0.15, 0.2) is 33.9 Å². The summed E-state index contributed by atoms with van der Waals surface area (Å²) in [5.74, 6) is 0.485. The molecular formula is C18H22ClN7O5. The lowest BCUT2D eigenvalue weighted by Gasteiger charge is -2.29. The molecule has 1 atom stereocenters. The number of aliphatic hydroxyl groups is 1. The highest BCUT2D eigenvalue weighted by atomic mass is 35.5. The third kappa shape index (κ3) is 4.17. The van der Waals surface area contributed by atoms with Crippen molar-refractivity contribution in [2.24, 2.45) is 7.05 Å². The van der Waals surface area contributed by atoms with Crippen LogP contribution in [0.1, 0.15) is 11.7 Å². The van der Waals surface area contributed by atoms with Gasteiger partial charge < -0.3 is 19.9 Å². The van der Waals surface area contributed by atoms with Gasteiger partial charge in [0, 0.05) is 45.4 Å². The van der Waals surface area contributed by atoms with Gasteiger partial charge in [0.05, 0.1) is 17.6 Å². The molecule has 1 fully saturated rings. The van der Waals surface area contributed by atoms with Crippen LogP contribution >= 0.6 is 12.4 Å². The van der Waals surface area contributed by atoms with Crippen LogP contribution in [0.5, 0.6) is 0 Å². The zero-order chi connectivity index (χ0) is 21.4. The van der Waals surface area contributed by atoms with E-state index in [0.29, 0.717) is 24.6 Å². The van der Waals surface area contributed by atoms with Crippen LogP contribution in [0.25, 0.3) is 11.2 Å². The van der Waals surface area contributed by atoms with E-state index in [1.54, 1.807) is 4.57 Å². The summed E-state index contributed by atoms with van der Waals surface area (Å²) in [5.41, 5.74) is -0.348. The van der Waals surface area contributed by atoms with Gasteiger partial charge in [-0.3, -0.25) is 24.5 Å². The molecule has 13 heteroatoms. The fourth-order valence-corrected chi connectivity index (χ4v) is 3.60. The number of nitrogens with zero attached hydrogens (tertiary/aromatic N) is 5. The molecule has 0 radical (unpaired) electrons. The first-order valence-electron chi connectivity index (χ1n) is 9.44. The van der Waals surface area contributed by atoms with Crippen LogP contribution in [-0.2, 0) is 13.6 Å². The van der Waals surface area contributed by atoms with E-state index in [1.807, 2.05) is 4.90 Å². The van der Waals surface area contributed by atoms with E-state index < -0.39 is 22.3 Å². The number of fused-ring (bicyclic) bond motifs is 1. The Balaban J connectivity index is 0.00000272. The Morgan fingerprint density at radius 1 is 1.23 bits per heavy atom. The predicted molar refractivity (Wildman–Crippen MR) is 116 cm³/mol. The number of anilines is 1. The molecule has 3 aromatic rings. The lowest BCUT2D eigenvalue weighted by molar-refractivity contribution is -0.384. The molecule has 1 aromatic carbocycles. The van der Waals surface area contributed by atoms with Crippen molar-refractivity contribution in [1.82, 2.24) is 24.4 Å². The summed E-state index contributed by atoms with van der Waals surface area (Å²) in [6.45, 7) is 2.78. The van der Waals surface area contributed by atoms with Crippen LogP contribution < -0.4 is 21.5 Å². The first-order valence-corrected chi connectivity index (χ1v) is 9.44. The number of benzene rings is 1. The highest BCUT2D eigenvalue weighted by Gasteiger charge is 2.24. The molecule has 3 heterocycles. The van der Waals surface area contributed by atoms with Crippen LogP contribution in [0.2, 0.25) is 0 Å². The van der Waals surface area contributed by atoms with Gasteiger partial charge in [0.15, 0.2) is 11.2 Å². The number of aryl methyl sites for hydroxylation is 1. The lowest BCUT2D eigenvalue weighted by atomic mass is 10.1. The maximum absolute atomic E-state index is 12.6. The lowest BCUT2D eigenvalue weighted by Crippen LogP contribution is -2.44. The Bertz CT molecular complexity index is 1210. The molecule has 0 amide bonds. The molecule has 1 unspecified atom stereocenters. The molecule has 1 aliphatic heterocycles. The first-order chi connectivity index (χ1) is 14.4. The topological polar surface area (TPSA) is 151 Å². The summed E-state index contributed by atoms with van der Waals surface area (Å²) in [5, 5.41) is 24.9. The number of nitro groups is 1. The van der Waals surface area contributed by atoms with Gasteiger partial charge in [0.1, 0.15) is 0 Å². The SMILES string of the molecule is Cl.Cn1c(=O)[nH]c(=O)c2c1nc(N1CCNCC1)n2CC(O)c1ccc([N+](=O)[O-])cc1. The van der Waals surface area contributed by atoms with Crippen molar-refractivity contribution in [3.63, 3.8) is 0 Å². The summed E-state index contributed by atoms with van der Waals surface area (Å²) >= 11 is 0. The van der Waals surface area contributed by atoms with Crippen molar-refractivity contribution in [1.29, 1.82) is 0 Å². The molecule has 1 aliphatic rings. The van der Waals surface area contributed by atoms with Gasteiger partial charge in [0.25, 0.3) is 11.2 Å². The van der Waals surface area contributed by atoms with E-state index in [1.165, 1.54) is 35.9 Å². The number of H-pyrrole nitrogens is 1. The Labute approximate surface area is 181 Å². The molecule has 2 aromatic heterocycles. The highest BCUT2D eigenvalue weighted by molar-refractivity contribution is 5.85. The number of aromatic amines is 1. The fraction of sp³-hybridized carbons (Fsp3) is 0.389. The Hall–Kier alpha value is -3.22. The van der Waals surface area contributed by atoms with Gasteiger partial charge in [-0.25, -0.2) is 4.79 Å². The number of non-ortho nitro benzene ring substituents is 1. The molecule has 0 spiro atoms. The zero-order valence-corrected chi connectivity index (χ0v) is 17.5. The second-order valence-electron chi connectivity index (χ2n) is 7.11. The number of hydrogen-bond donors (Lipinski definition) is 3. The van der Waals surface area contributed by atoms with Crippen molar-refractivity contribution in [3.8, 4) is 0 Å². The average molecular weight is 452 g/mol. The van der Waals surface area contributed by atoms with E-state index in [4.69, 9.17) is 0 Å². The van der Waals surface area contributed by atoms with E-state index in [9.17, 15) is 24.8 Å². The van der Waals surface area contributed by atoms with Crippen LogP contribution in [0.3, 0.4) is 0 Å². The number of imidazole rings is 1. The number of hydrogen-bond acceptors (Lipinski definition) is 8. The third-order valence-electron chi connectivity index (χ3n) is 5.23. The van der Waals surface area contributed by atoms with E-state index in [2.05, 4.69) is 15.3 Å². The van der Waals surface area contributed by atoms with Gasteiger partial charge in [-0.05, 0) is 17.7 Å². The smallest absolute Gasteiger partial charge is 0.329 e. The summed E-state index contributed by atoms with van der Waals surface area (Å²) in [4.78, 5) is 43.8. The second-order valence-corrected chi connectivity index (χ2v) is 7.11.